The van der Waals surface area contributed by atoms with Crippen LogP contribution in [0.25, 0.3) is 0 Å². The molecule has 0 radical (unpaired) electrons. The molecular weight excluding hydrogens is 328 g/mol. The number of esters is 1. The molecule has 0 aliphatic heterocycles. The van der Waals surface area contributed by atoms with Crippen LogP contribution in [0.1, 0.15) is 59.3 Å². The number of rotatable bonds is 2. The van der Waals surface area contributed by atoms with Gasteiger partial charge in [0.15, 0.2) is 17.7 Å². The van der Waals surface area contributed by atoms with Crippen molar-refractivity contribution in [3.05, 3.63) is 23.8 Å². The maximum Gasteiger partial charge on any atom is 0.303 e. The van der Waals surface area contributed by atoms with Crippen LogP contribution in [-0.2, 0) is 19.1 Å². The summed E-state index contributed by atoms with van der Waals surface area (Å²) in [7, 11) is 0. The van der Waals surface area contributed by atoms with Gasteiger partial charge in [-0.2, -0.15) is 0 Å². The van der Waals surface area contributed by atoms with E-state index in [9.17, 15) is 14.4 Å². The third kappa shape index (κ3) is 2.17. The number of aldehydes is 1. The van der Waals surface area contributed by atoms with Gasteiger partial charge >= 0.3 is 5.97 Å². The van der Waals surface area contributed by atoms with Gasteiger partial charge in [-0.3, -0.25) is 14.4 Å². The highest BCUT2D eigenvalue weighted by Gasteiger charge is 2.65. The average molecular weight is 356 g/mol. The van der Waals surface area contributed by atoms with E-state index in [1.165, 1.54) is 12.5 Å². The number of allylic oxidation sites excluding steroid dienone is 4. The molecule has 4 aliphatic carbocycles. The third-order valence-electron chi connectivity index (χ3n) is 8.22. The summed E-state index contributed by atoms with van der Waals surface area (Å²) in [6, 6.07) is 0. The van der Waals surface area contributed by atoms with Crippen molar-refractivity contribution in [2.24, 2.45) is 28.6 Å². The van der Waals surface area contributed by atoms with Crippen LogP contribution in [0.5, 0.6) is 0 Å². The van der Waals surface area contributed by atoms with Crippen LogP contribution in [0, 0.1) is 28.6 Å². The van der Waals surface area contributed by atoms with E-state index in [0.29, 0.717) is 30.6 Å². The zero-order valence-corrected chi connectivity index (χ0v) is 15.9. The molecule has 0 heterocycles. The first-order valence-corrected chi connectivity index (χ1v) is 9.85. The maximum atomic E-state index is 12.1. The predicted molar refractivity (Wildman–Crippen MR) is 97.2 cm³/mol. The van der Waals surface area contributed by atoms with Gasteiger partial charge in [0.05, 0.1) is 0 Å². The molecule has 0 N–H and O–H groups in total. The first kappa shape index (κ1) is 17.7. The molecule has 2 fully saturated rings. The van der Waals surface area contributed by atoms with Crippen LogP contribution in [0.3, 0.4) is 0 Å². The van der Waals surface area contributed by atoms with E-state index < -0.39 is 5.60 Å². The smallest absolute Gasteiger partial charge is 0.303 e. The summed E-state index contributed by atoms with van der Waals surface area (Å²) in [5, 5.41) is 0. The molecule has 0 saturated heterocycles. The Bertz CT molecular complexity index is 734. The Morgan fingerprint density at radius 2 is 1.92 bits per heavy atom. The fraction of sp³-hybridized carbons (Fsp3) is 0.682. The van der Waals surface area contributed by atoms with Gasteiger partial charge in [-0.25, -0.2) is 0 Å². The Morgan fingerprint density at radius 3 is 2.62 bits per heavy atom. The normalized spacial score (nSPS) is 46.7. The molecule has 4 nitrogen and oxygen atoms in total. The van der Waals surface area contributed by atoms with Crippen molar-refractivity contribution in [2.75, 3.05) is 0 Å². The lowest BCUT2D eigenvalue weighted by molar-refractivity contribution is -0.179. The number of fused-ring (bicyclic) bond motifs is 5. The molecule has 140 valence electrons. The third-order valence-corrected chi connectivity index (χ3v) is 8.22. The number of hydrogen-bond acceptors (Lipinski definition) is 4. The van der Waals surface area contributed by atoms with Crippen LogP contribution >= 0.6 is 0 Å². The zero-order chi connectivity index (χ0) is 18.7. The molecule has 4 aliphatic rings. The van der Waals surface area contributed by atoms with Crippen LogP contribution in [0.2, 0.25) is 0 Å². The minimum atomic E-state index is -0.984. The Balaban J connectivity index is 1.73. The van der Waals surface area contributed by atoms with Crippen molar-refractivity contribution in [2.45, 2.75) is 64.9 Å². The first-order chi connectivity index (χ1) is 12.3. The van der Waals surface area contributed by atoms with E-state index in [0.717, 1.165) is 32.0 Å². The molecule has 4 rings (SSSR count). The summed E-state index contributed by atoms with van der Waals surface area (Å²) in [6.45, 7) is 5.85. The van der Waals surface area contributed by atoms with E-state index in [2.05, 4.69) is 26.0 Å². The van der Waals surface area contributed by atoms with Gasteiger partial charge in [-0.05, 0) is 66.9 Å². The second kappa shape index (κ2) is 5.64. The number of hydrogen-bond donors (Lipinski definition) is 0. The largest absolute Gasteiger partial charge is 0.451 e. The summed E-state index contributed by atoms with van der Waals surface area (Å²) in [5.74, 6) is 1.06. The molecule has 2 saturated carbocycles. The van der Waals surface area contributed by atoms with E-state index in [1.54, 1.807) is 0 Å². The van der Waals surface area contributed by atoms with Crippen molar-refractivity contribution < 1.29 is 19.1 Å². The first-order valence-electron chi connectivity index (χ1n) is 9.85. The average Bonchev–Trinajstić information content (AvgIpc) is 2.88. The van der Waals surface area contributed by atoms with Crippen molar-refractivity contribution in [3.63, 3.8) is 0 Å². The molecule has 26 heavy (non-hydrogen) atoms. The standard InChI is InChI=1S/C22H28O4/c1-14(24)26-22(13-23)11-8-19-17-5-4-15-12-16(25)6-9-20(15,2)18(17)7-10-21(19,22)3/h4-5,12-13,17-19H,6-11H2,1-3H3/t17?,18?,19?,20-,21-,22-/m0/s1. The molecule has 0 aromatic carbocycles. The molecule has 0 aromatic rings. The zero-order valence-electron chi connectivity index (χ0n) is 15.9. The lowest BCUT2D eigenvalue weighted by Gasteiger charge is -2.56. The van der Waals surface area contributed by atoms with Gasteiger partial charge < -0.3 is 4.74 Å². The van der Waals surface area contributed by atoms with Crippen molar-refractivity contribution in [1.29, 1.82) is 0 Å². The van der Waals surface area contributed by atoms with Crippen molar-refractivity contribution >= 4 is 18.0 Å². The van der Waals surface area contributed by atoms with E-state index in [-0.39, 0.29) is 22.6 Å². The molecule has 3 unspecified atom stereocenters. The minimum absolute atomic E-state index is 0.0442. The van der Waals surface area contributed by atoms with E-state index in [1.807, 2.05) is 6.08 Å². The van der Waals surface area contributed by atoms with Crippen molar-refractivity contribution in [1.82, 2.24) is 0 Å². The number of carbonyl (C=O) groups excluding carboxylic acids is 3. The van der Waals surface area contributed by atoms with Crippen LogP contribution < -0.4 is 0 Å². The molecular formula is C22H28O4. The van der Waals surface area contributed by atoms with Crippen LogP contribution in [0.15, 0.2) is 23.8 Å². The molecule has 0 bridgehead atoms. The monoisotopic (exact) mass is 356 g/mol. The highest BCUT2D eigenvalue weighted by atomic mass is 16.6. The SMILES string of the molecule is CC(=O)O[C@]1(C=O)CCC2C3C=CC4=CC(=O)CC[C@]4(C)C3CC[C@@]21C. The Labute approximate surface area is 155 Å². The summed E-state index contributed by atoms with van der Waals surface area (Å²) in [5.41, 5.74) is -0.0727. The van der Waals surface area contributed by atoms with Gasteiger partial charge in [0.2, 0.25) is 0 Å². The summed E-state index contributed by atoms with van der Waals surface area (Å²) in [4.78, 5) is 35.7. The lowest BCUT2D eigenvalue weighted by atomic mass is 9.48. The minimum Gasteiger partial charge on any atom is -0.451 e. The summed E-state index contributed by atoms with van der Waals surface area (Å²) >= 11 is 0. The number of ether oxygens (including phenoxy) is 1. The van der Waals surface area contributed by atoms with Gasteiger partial charge in [0.25, 0.3) is 0 Å². The lowest BCUT2D eigenvalue weighted by Crippen LogP contribution is -2.56. The van der Waals surface area contributed by atoms with Gasteiger partial charge in [-0.1, -0.05) is 26.0 Å². The molecule has 0 aromatic heterocycles. The maximum absolute atomic E-state index is 12.1. The highest BCUT2D eigenvalue weighted by Crippen LogP contribution is 2.66. The summed E-state index contributed by atoms with van der Waals surface area (Å²) in [6.07, 6.45) is 12.1. The highest BCUT2D eigenvalue weighted by molar-refractivity contribution is 5.92. The topological polar surface area (TPSA) is 60.4 Å². The Kier molecular flexibility index (Phi) is 3.84. The Hall–Kier alpha value is -1.71. The second-order valence-electron chi connectivity index (χ2n) is 9.23. The fourth-order valence-corrected chi connectivity index (χ4v) is 6.67. The molecule has 4 heteroatoms. The van der Waals surface area contributed by atoms with Crippen molar-refractivity contribution in [3.8, 4) is 0 Å². The molecule has 0 spiro atoms. The fourth-order valence-electron chi connectivity index (χ4n) is 6.67. The number of ketones is 1. The van der Waals surface area contributed by atoms with Gasteiger partial charge in [0, 0.05) is 18.8 Å². The molecule has 6 atom stereocenters. The predicted octanol–water partition coefficient (Wildman–Crippen LogP) is 3.80. The number of carbonyl (C=O) groups is 3. The van der Waals surface area contributed by atoms with Crippen LogP contribution in [-0.4, -0.2) is 23.6 Å². The quantitative estimate of drug-likeness (QED) is 0.558. The van der Waals surface area contributed by atoms with Gasteiger partial charge in [0.1, 0.15) is 0 Å². The van der Waals surface area contributed by atoms with E-state index >= 15 is 0 Å². The van der Waals surface area contributed by atoms with Gasteiger partial charge in [-0.15, -0.1) is 0 Å². The molecule has 0 amide bonds. The second-order valence-corrected chi connectivity index (χ2v) is 9.23. The van der Waals surface area contributed by atoms with Crippen LogP contribution in [0.4, 0.5) is 0 Å². The van der Waals surface area contributed by atoms with E-state index in [4.69, 9.17) is 4.74 Å². The summed E-state index contributed by atoms with van der Waals surface area (Å²) < 4.78 is 5.66. The Morgan fingerprint density at radius 1 is 1.19 bits per heavy atom.